The number of ether oxygens (including phenoxy) is 1. The number of alkyl halides is 2. The maximum Gasteiger partial charge on any atom is 0.387 e. The van der Waals surface area contributed by atoms with Gasteiger partial charge in [-0.15, -0.1) is 0 Å². The van der Waals surface area contributed by atoms with Crippen molar-refractivity contribution in [2.24, 2.45) is 0 Å². The first kappa shape index (κ1) is 15.9. The van der Waals surface area contributed by atoms with Gasteiger partial charge in [-0.3, -0.25) is 4.79 Å². The van der Waals surface area contributed by atoms with Gasteiger partial charge in [0.15, 0.2) is 0 Å². The van der Waals surface area contributed by atoms with Gasteiger partial charge in [-0.25, -0.2) is 4.79 Å². The number of benzene rings is 1. The molecular formula is C13H15F2NO4. The molecule has 7 heteroatoms. The number of amides is 1. The Labute approximate surface area is 114 Å². The molecule has 0 radical (unpaired) electrons. The number of hydrogen-bond acceptors (Lipinski definition) is 3. The van der Waals surface area contributed by atoms with Crippen LogP contribution >= 0.6 is 0 Å². The lowest BCUT2D eigenvalue weighted by atomic mass is 10.1. The molecule has 2 N–H and O–H groups in total. The lowest BCUT2D eigenvalue weighted by Crippen LogP contribution is -2.40. The van der Waals surface area contributed by atoms with Crippen LogP contribution in [-0.2, 0) is 4.79 Å². The highest BCUT2D eigenvalue weighted by molar-refractivity contribution is 5.96. The summed E-state index contributed by atoms with van der Waals surface area (Å²) in [5.41, 5.74) is 0.0607. The van der Waals surface area contributed by atoms with Crippen LogP contribution in [0.2, 0.25) is 0 Å². The van der Waals surface area contributed by atoms with Crippen molar-refractivity contribution in [2.75, 3.05) is 0 Å². The fraction of sp³-hybridized carbons (Fsp3) is 0.385. The van der Waals surface area contributed by atoms with Crippen LogP contribution in [0, 0.1) is 0 Å². The lowest BCUT2D eigenvalue weighted by molar-refractivity contribution is -0.139. The van der Waals surface area contributed by atoms with E-state index in [0.29, 0.717) is 6.42 Å². The van der Waals surface area contributed by atoms with E-state index in [1.165, 1.54) is 18.2 Å². The lowest BCUT2D eigenvalue weighted by Gasteiger charge is -2.14. The summed E-state index contributed by atoms with van der Waals surface area (Å²) < 4.78 is 28.3. The normalized spacial score (nSPS) is 12.0. The number of nitrogens with one attached hydrogen (secondary N) is 1. The number of aliphatic carboxylic acids is 1. The van der Waals surface area contributed by atoms with Gasteiger partial charge in [0.1, 0.15) is 11.8 Å². The van der Waals surface area contributed by atoms with E-state index in [-0.39, 0.29) is 17.7 Å². The number of carboxylic acids is 1. The Morgan fingerprint density at radius 1 is 1.40 bits per heavy atom. The second-order valence-corrected chi connectivity index (χ2v) is 4.06. The third-order valence-corrected chi connectivity index (χ3v) is 2.50. The number of carbonyl (C=O) groups excluding carboxylic acids is 1. The first-order valence-corrected chi connectivity index (χ1v) is 6.02. The van der Waals surface area contributed by atoms with Crippen LogP contribution in [0.5, 0.6) is 5.75 Å². The third kappa shape index (κ3) is 4.83. The molecule has 0 aromatic heterocycles. The molecular weight excluding hydrogens is 272 g/mol. The smallest absolute Gasteiger partial charge is 0.387 e. The van der Waals surface area contributed by atoms with Crippen molar-refractivity contribution in [3.63, 3.8) is 0 Å². The van der Waals surface area contributed by atoms with Gasteiger partial charge < -0.3 is 15.2 Å². The van der Waals surface area contributed by atoms with Crippen LogP contribution in [0.4, 0.5) is 8.78 Å². The minimum atomic E-state index is -2.99. The van der Waals surface area contributed by atoms with Crippen molar-refractivity contribution in [3.8, 4) is 5.75 Å². The fourth-order valence-corrected chi connectivity index (χ4v) is 1.60. The van der Waals surface area contributed by atoms with Crippen molar-refractivity contribution in [3.05, 3.63) is 29.8 Å². The molecule has 1 aromatic rings. The van der Waals surface area contributed by atoms with Gasteiger partial charge in [0.2, 0.25) is 0 Å². The zero-order valence-corrected chi connectivity index (χ0v) is 10.8. The second kappa shape index (κ2) is 7.42. The van der Waals surface area contributed by atoms with Crippen LogP contribution < -0.4 is 10.1 Å². The molecule has 0 heterocycles. The van der Waals surface area contributed by atoms with Crippen LogP contribution in [-0.4, -0.2) is 29.6 Å². The van der Waals surface area contributed by atoms with Gasteiger partial charge in [0, 0.05) is 5.56 Å². The molecule has 1 amide bonds. The van der Waals surface area contributed by atoms with Gasteiger partial charge in [0.25, 0.3) is 5.91 Å². The summed E-state index contributed by atoms with van der Waals surface area (Å²) in [5.74, 6) is -1.94. The van der Waals surface area contributed by atoms with E-state index < -0.39 is 24.5 Å². The SMILES string of the molecule is CCC[C@H](NC(=O)c1cccc(OC(F)F)c1)C(=O)O. The zero-order chi connectivity index (χ0) is 15.1. The molecule has 110 valence electrons. The van der Waals surface area contributed by atoms with Gasteiger partial charge >= 0.3 is 12.6 Å². The topological polar surface area (TPSA) is 75.6 Å². The highest BCUT2D eigenvalue weighted by atomic mass is 19.3. The van der Waals surface area contributed by atoms with Crippen molar-refractivity contribution in [2.45, 2.75) is 32.4 Å². The third-order valence-electron chi connectivity index (χ3n) is 2.50. The molecule has 20 heavy (non-hydrogen) atoms. The Balaban J connectivity index is 2.78. The van der Waals surface area contributed by atoms with E-state index in [1.54, 1.807) is 6.92 Å². The minimum absolute atomic E-state index is 0.0607. The van der Waals surface area contributed by atoms with E-state index in [4.69, 9.17) is 5.11 Å². The van der Waals surface area contributed by atoms with Gasteiger partial charge in [-0.1, -0.05) is 19.4 Å². The molecule has 0 aliphatic heterocycles. The first-order valence-electron chi connectivity index (χ1n) is 6.02. The monoisotopic (exact) mass is 287 g/mol. The van der Waals surface area contributed by atoms with Crippen LogP contribution in [0.15, 0.2) is 24.3 Å². The largest absolute Gasteiger partial charge is 0.480 e. The molecule has 0 saturated heterocycles. The Kier molecular flexibility index (Phi) is 5.89. The molecule has 1 atom stereocenters. The highest BCUT2D eigenvalue weighted by Gasteiger charge is 2.20. The Bertz CT molecular complexity index is 479. The number of halogens is 2. The molecule has 1 aromatic carbocycles. The van der Waals surface area contributed by atoms with Crippen molar-refractivity contribution in [1.29, 1.82) is 0 Å². The van der Waals surface area contributed by atoms with Crippen LogP contribution in [0.3, 0.4) is 0 Å². The number of hydrogen-bond donors (Lipinski definition) is 2. The number of carboxylic acid groups (broad SMARTS) is 1. The van der Waals surface area contributed by atoms with E-state index in [9.17, 15) is 18.4 Å². The summed E-state index contributed by atoms with van der Waals surface area (Å²) in [4.78, 5) is 22.8. The molecule has 5 nitrogen and oxygen atoms in total. The molecule has 0 saturated carbocycles. The Morgan fingerprint density at radius 3 is 2.65 bits per heavy atom. The molecule has 0 aliphatic rings. The average Bonchev–Trinajstić information content (AvgIpc) is 2.37. The second-order valence-electron chi connectivity index (χ2n) is 4.06. The molecule has 0 spiro atoms. The summed E-state index contributed by atoms with van der Waals surface area (Å²) >= 11 is 0. The summed E-state index contributed by atoms with van der Waals surface area (Å²) in [7, 11) is 0. The average molecular weight is 287 g/mol. The van der Waals surface area contributed by atoms with E-state index >= 15 is 0 Å². The fourth-order valence-electron chi connectivity index (χ4n) is 1.60. The Morgan fingerprint density at radius 2 is 2.10 bits per heavy atom. The summed E-state index contributed by atoms with van der Waals surface area (Å²) in [5, 5.41) is 11.3. The molecule has 0 unspecified atom stereocenters. The zero-order valence-electron chi connectivity index (χ0n) is 10.8. The van der Waals surface area contributed by atoms with Crippen molar-refractivity contribution in [1.82, 2.24) is 5.32 Å². The summed E-state index contributed by atoms with van der Waals surface area (Å²) in [6, 6.07) is 4.17. The Hall–Kier alpha value is -2.18. The first-order chi connectivity index (χ1) is 9.43. The van der Waals surface area contributed by atoms with Crippen LogP contribution in [0.1, 0.15) is 30.1 Å². The van der Waals surface area contributed by atoms with Crippen molar-refractivity contribution < 1.29 is 28.2 Å². The summed E-state index contributed by atoms with van der Waals surface area (Å²) in [6.07, 6.45) is 0.875. The number of rotatable bonds is 7. The van der Waals surface area contributed by atoms with Gasteiger partial charge in [-0.2, -0.15) is 8.78 Å². The van der Waals surface area contributed by atoms with E-state index in [2.05, 4.69) is 10.1 Å². The van der Waals surface area contributed by atoms with E-state index in [0.717, 1.165) is 6.07 Å². The maximum absolute atomic E-state index is 12.1. The molecule has 0 aliphatic carbocycles. The summed E-state index contributed by atoms with van der Waals surface area (Å²) in [6.45, 7) is -1.20. The standard InChI is InChI=1S/C13H15F2NO4/c1-2-4-10(12(18)19)16-11(17)8-5-3-6-9(7-8)20-13(14)15/h3,5-7,10,13H,2,4H2,1H3,(H,16,17)(H,18,19)/t10-/m0/s1. The highest BCUT2D eigenvalue weighted by Crippen LogP contribution is 2.16. The quantitative estimate of drug-likeness (QED) is 0.806. The van der Waals surface area contributed by atoms with Crippen LogP contribution in [0.25, 0.3) is 0 Å². The molecule has 0 fully saturated rings. The predicted molar refractivity (Wildman–Crippen MR) is 66.9 cm³/mol. The predicted octanol–water partition coefficient (Wildman–Crippen LogP) is 2.27. The molecule has 1 rings (SSSR count). The maximum atomic E-state index is 12.1. The van der Waals surface area contributed by atoms with Crippen molar-refractivity contribution >= 4 is 11.9 Å². The minimum Gasteiger partial charge on any atom is -0.480 e. The van der Waals surface area contributed by atoms with Gasteiger partial charge in [0.05, 0.1) is 0 Å². The van der Waals surface area contributed by atoms with E-state index in [1.807, 2.05) is 0 Å². The van der Waals surface area contributed by atoms with Gasteiger partial charge in [-0.05, 0) is 24.6 Å². The molecule has 0 bridgehead atoms. The number of carbonyl (C=O) groups is 2.